The van der Waals surface area contributed by atoms with Gasteiger partial charge in [-0.1, -0.05) is 31.5 Å². The van der Waals surface area contributed by atoms with E-state index in [1.165, 1.54) is 5.56 Å². The third kappa shape index (κ3) is 2.40. The fourth-order valence-corrected chi connectivity index (χ4v) is 2.56. The molecule has 0 fully saturated rings. The van der Waals surface area contributed by atoms with Crippen LogP contribution < -0.4 is 0 Å². The highest BCUT2D eigenvalue weighted by atomic mass is 16.4. The lowest BCUT2D eigenvalue weighted by Crippen LogP contribution is -1.99. The molecule has 3 aromatic rings. The molecule has 0 amide bonds. The number of hydrogen-bond acceptors (Lipinski definition) is 2. The average Bonchev–Trinajstić information content (AvgIpc) is 2.91. The first kappa shape index (κ1) is 13.4. The Kier molecular flexibility index (Phi) is 3.44. The molecular formula is C17H16N2O2. The molecule has 3 rings (SSSR count). The van der Waals surface area contributed by atoms with Gasteiger partial charge in [0.05, 0.1) is 22.3 Å². The molecule has 4 nitrogen and oxygen atoms in total. The second-order valence-electron chi connectivity index (χ2n) is 5.00. The Morgan fingerprint density at radius 1 is 1.24 bits per heavy atom. The molecular weight excluding hydrogens is 264 g/mol. The van der Waals surface area contributed by atoms with E-state index in [0.717, 1.165) is 24.0 Å². The zero-order chi connectivity index (χ0) is 14.8. The van der Waals surface area contributed by atoms with Gasteiger partial charge in [-0.25, -0.2) is 9.78 Å². The summed E-state index contributed by atoms with van der Waals surface area (Å²) in [5.74, 6) is -0.933. The van der Waals surface area contributed by atoms with Gasteiger partial charge in [0.15, 0.2) is 0 Å². The van der Waals surface area contributed by atoms with Crippen molar-refractivity contribution in [1.29, 1.82) is 0 Å². The number of aromatic nitrogens is 2. The quantitative estimate of drug-likeness (QED) is 0.793. The highest BCUT2D eigenvalue weighted by molar-refractivity contribution is 5.92. The maximum atomic E-state index is 11.0. The molecule has 0 saturated heterocycles. The van der Waals surface area contributed by atoms with Gasteiger partial charge in [-0.15, -0.1) is 0 Å². The Morgan fingerprint density at radius 2 is 2.05 bits per heavy atom. The van der Waals surface area contributed by atoms with Crippen LogP contribution in [0.25, 0.3) is 16.7 Å². The summed E-state index contributed by atoms with van der Waals surface area (Å²) in [6.07, 6.45) is 3.83. The number of imidazole rings is 1. The van der Waals surface area contributed by atoms with Crippen LogP contribution in [0.2, 0.25) is 0 Å². The summed E-state index contributed by atoms with van der Waals surface area (Å²) in [5, 5.41) is 9.05. The van der Waals surface area contributed by atoms with Gasteiger partial charge in [0.1, 0.15) is 6.33 Å². The normalized spacial score (nSPS) is 10.9. The Balaban J connectivity index is 2.15. The van der Waals surface area contributed by atoms with Crippen LogP contribution in [0.5, 0.6) is 0 Å². The summed E-state index contributed by atoms with van der Waals surface area (Å²) < 4.78 is 2.02. The van der Waals surface area contributed by atoms with Crippen LogP contribution in [-0.2, 0) is 6.42 Å². The van der Waals surface area contributed by atoms with Crippen molar-refractivity contribution in [2.45, 2.75) is 19.8 Å². The number of aromatic carboxylic acids is 1. The maximum Gasteiger partial charge on any atom is 0.335 e. The van der Waals surface area contributed by atoms with Crippen molar-refractivity contribution in [3.63, 3.8) is 0 Å². The summed E-state index contributed by atoms with van der Waals surface area (Å²) in [4.78, 5) is 15.4. The maximum absolute atomic E-state index is 11.0. The van der Waals surface area contributed by atoms with Gasteiger partial charge in [0, 0.05) is 0 Å². The number of carbonyl (C=O) groups is 1. The molecule has 2 aromatic carbocycles. The Hall–Kier alpha value is -2.62. The highest BCUT2D eigenvalue weighted by Crippen LogP contribution is 2.23. The molecule has 0 bridgehead atoms. The zero-order valence-corrected chi connectivity index (χ0v) is 11.8. The van der Waals surface area contributed by atoms with Gasteiger partial charge < -0.3 is 5.11 Å². The number of nitrogens with zero attached hydrogens (tertiary/aromatic N) is 2. The van der Waals surface area contributed by atoms with Crippen molar-refractivity contribution in [3.05, 3.63) is 59.9 Å². The first-order valence-electron chi connectivity index (χ1n) is 6.99. The van der Waals surface area contributed by atoms with Crippen molar-refractivity contribution in [1.82, 2.24) is 9.55 Å². The van der Waals surface area contributed by atoms with Gasteiger partial charge in [-0.05, 0) is 36.2 Å². The molecule has 0 unspecified atom stereocenters. The van der Waals surface area contributed by atoms with E-state index in [0.29, 0.717) is 5.52 Å². The highest BCUT2D eigenvalue weighted by Gasteiger charge is 2.10. The van der Waals surface area contributed by atoms with E-state index < -0.39 is 5.97 Å². The minimum Gasteiger partial charge on any atom is -0.478 e. The van der Waals surface area contributed by atoms with Crippen molar-refractivity contribution in [2.24, 2.45) is 0 Å². The summed E-state index contributed by atoms with van der Waals surface area (Å²) in [5.41, 5.74) is 4.24. The number of aryl methyl sites for hydroxylation is 1. The predicted molar refractivity (Wildman–Crippen MR) is 82.0 cm³/mol. The lowest BCUT2D eigenvalue weighted by molar-refractivity contribution is 0.0697. The lowest BCUT2D eigenvalue weighted by atomic mass is 10.1. The number of para-hydroxylation sites is 1. The minimum absolute atomic E-state index is 0.259. The second-order valence-corrected chi connectivity index (χ2v) is 5.00. The van der Waals surface area contributed by atoms with Gasteiger partial charge in [-0.3, -0.25) is 4.57 Å². The Labute approximate surface area is 122 Å². The number of fused-ring (bicyclic) bond motifs is 1. The van der Waals surface area contributed by atoms with E-state index in [9.17, 15) is 4.79 Å². The lowest BCUT2D eigenvalue weighted by Gasteiger charge is -2.10. The van der Waals surface area contributed by atoms with Crippen LogP contribution in [0.3, 0.4) is 0 Å². The molecule has 21 heavy (non-hydrogen) atoms. The Morgan fingerprint density at radius 3 is 2.81 bits per heavy atom. The number of rotatable bonds is 4. The molecule has 0 saturated carbocycles. The van der Waals surface area contributed by atoms with E-state index in [2.05, 4.69) is 24.0 Å². The van der Waals surface area contributed by atoms with E-state index in [4.69, 9.17) is 5.11 Å². The van der Waals surface area contributed by atoms with E-state index >= 15 is 0 Å². The summed E-state index contributed by atoms with van der Waals surface area (Å²) in [6.45, 7) is 2.15. The molecule has 1 heterocycles. The summed E-state index contributed by atoms with van der Waals surface area (Å²) in [7, 11) is 0. The largest absolute Gasteiger partial charge is 0.478 e. The molecule has 1 aromatic heterocycles. The zero-order valence-electron chi connectivity index (χ0n) is 11.8. The fraction of sp³-hybridized carbons (Fsp3) is 0.176. The number of carboxylic acids is 1. The number of hydrogen-bond donors (Lipinski definition) is 1. The number of benzene rings is 2. The molecule has 106 valence electrons. The third-order valence-electron chi connectivity index (χ3n) is 3.56. The van der Waals surface area contributed by atoms with Crippen LogP contribution in [0.15, 0.2) is 48.8 Å². The van der Waals surface area contributed by atoms with Gasteiger partial charge in [-0.2, -0.15) is 0 Å². The van der Waals surface area contributed by atoms with Gasteiger partial charge in [0.25, 0.3) is 0 Å². The molecule has 0 atom stereocenters. The molecule has 0 aliphatic heterocycles. The summed E-state index contributed by atoms with van der Waals surface area (Å²) >= 11 is 0. The minimum atomic E-state index is -0.933. The first-order valence-corrected chi connectivity index (χ1v) is 6.99. The van der Waals surface area contributed by atoms with E-state index in [-0.39, 0.29) is 5.56 Å². The smallest absolute Gasteiger partial charge is 0.335 e. The molecule has 4 heteroatoms. The van der Waals surface area contributed by atoms with Crippen LogP contribution in [0.1, 0.15) is 29.3 Å². The molecule has 0 spiro atoms. The fourth-order valence-electron chi connectivity index (χ4n) is 2.56. The van der Waals surface area contributed by atoms with Crippen LogP contribution >= 0.6 is 0 Å². The molecule has 0 radical (unpaired) electrons. The van der Waals surface area contributed by atoms with Crippen molar-refractivity contribution in [3.8, 4) is 5.69 Å². The average molecular weight is 280 g/mol. The third-order valence-corrected chi connectivity index (χ3v) is 3.56. The monoisotopic (exact) mass is 280 g/mol. The predicted octanol–water partition coefficient (Wildman–Crippen LogP) is 3.68. The van der Waals surface area contributed by atoms with Gasteiger partial charge >= 0.3 is 5.97 Å². The van der Waals surface area contributed by atoms with Crippen LogP contribution in [0, 0.1) is 0 Å². The van der Waals surface area contributed by atoms with Crippen LogP contribution in [0.4, 0.5) is 0 Å². The van der Waals surface area contributed by atoms with Crippen molar-refractivity contribution >= 4 is 17.0 Å². The van der Waals surface area contributed by atoms with Crippen molar-refractivity contribution < 1.29 is 9.90 Å². The standard InChI is InChI=1S/C17H16N2O2/c1-2-5-12-6-3-4-7-15(12)19-11-18-14-10-13(17(20)21)8-9-16(14)19/h3-4,6-11H,2,5H2,1H3,(H,20,21). The second kappa shape index (κ2) is 5.40. The molecule has 0 aliphatic carbocycles. The van der Waals surface area contributed by atoms with E-state index in [1.54, 1.807) is 18.5 Å². The Bertz CT molecular complexity index is 805. The van der Waals surface area contributed by atoms with Crippen LogP contribution in [-0.4, -0.2) is 20.6 Å². The molecule has 1 N–H and O–H groups in total. The topological polar surface area (TPSA) is 55.1 Å². The summed E-state index contributed by atoms with van der Waals surface area (Å²) in [6, 6.07) is 13.3. The van der Waals surface area contributed by atoms with Crippen molar-refractivity contribution in [2.75, 3.05) is 0 Å². The first-order chi connectivity index (χ1) is 10.2. The van der Waals surface area contributed by atoms with Gasteiger partial charge in [0.2, 0.25) is 0 Å². The number of carboxylic acid groups (broad SMARTS) is 1. The SMILES string of the molecule is CCCc1ccccc1-n1cnc2cc(C(=O)O)ccc21. The molecule has 0 aliphatic rings. The van der Waals surface area contributed by atoms with E-state index in [1.807, 2.05) is 22.8 Å².